The van der Waals surface area contributed by atoms with E-state index in [-0.39, 0.29) is 30.3 Å². The van der Waals surface area contributed by atoms with E-state index in [1.807, 2.05) is 13.0 Å². The maximum Gasteiger partial charge on any atom is 0.178 e. The average molecular weight is 372 g/mol. The first-order chi connectivity index (χ1) is 12.7. The van der Waals surface area contributed by atoms with Crippen molar-refractivity contribution >= 4 is 17.9 Å². The molecule has 2 saturated carbocycles. The first-order valence-electron chi connectivity index (χ1n) is 9.67. The van der Waals surface area contributed by atoms with Crippen LogP contribution in [0.5, 0.6) is 0 Å². The van der Waals surface area contributed by atoms with Gasteiger partial charge in [-0.15, -0.1) is 0 Å². The smallest absolute Gasteiger partial charge is 0.178 e. The number of Topliss-reactive ketones (excluding diaryl/α,β-unsaturated/α-hetero) is 1. The van der Waals surface area contributed by atoms with Gasteiger partial charge >= 0.3 is 0 Å². The van der Waals surface area contributed by atoms with Crippen molar-refractivity contribution in [1.82, 2.24) is 0 Å². The molecule has 0 aliphatic heterocycles. The van der Waals surface area contributed by atoms with E-state index in [1.54, 1.807) is 13.0 Å². The van der Waals surface area contributed by atoms with Crippen LogP contribution in [0.25, 0.3) is 0 Å². The third kappa shape index (κ3) is 2.21. The fourth-order valence-electron chi connectivity index (χ4n) is 6.40. The third-order valence-corrected chi connectivity index (χ3v) is 7.79. The van der Waals surface area contributed by atoms with E-state index in [0.29, 0.717) is 31.1 Å². The normalized spacial score (nSPS) is 45.3. The molecule has 2 fully saturated rings. The Morgan fingerprint density at radius 1 is 1.37 bits per heavy atom. The molecule has 4 aliphatic carbocycles. The Kier molecular flexibility index (Phi) is 3.97. The Morgan fingerprint density at radius 3 is 2.81 bits per heavy atom. The van der Waals surface area contributed by atoms with Gasteiger partial charge in [0.25, 0.3) is 0 Å². The van der Waals surface area contributed by atoms with Gasteiger partial charge in [0.15, 0.2) is 17.2 Å². The molecule has 0 aromatic rings. The van der Waals surface area contributed by atoms with Gasteiger partial charge < -0.3 is 9.90 Å². The molecular weight excluding hydrogens is 347 g/mol. The van der Waals surface area contributed by atoms with Crippen molar-refractivity contribution in [2.45, 2.75) is 57.7 Å². The number of ketones is 2. The number of aliphatic hydroxyl groups is 1. The van der Waals surface area contributed by atoms with Crippen molar-refractivity contribution in [3.05, 3.63) is 35.5 Å². The molecule has 0 saturated heterocycles. The summed E-state index contributed by atoms with van der Waals surface area (Å²) in [4.78, 5) is 35.1. The van der Waals surface area contributed by atoms with Gasteiger partial charge in [0.1, 0.15) is 6.29 Å². The molecule has 0 aromatic carbocycles. The van der Waals surface area contributed by atoms with Crippen LogP contribution in [0.4, 0.5) is 4.39 Å². The van der Waals surface area contributed by atoms with Gasteiger partial charge in [-0.3, -0.25) is 9.59 Å². The second-order valence-electron chi connectivity index (χ2n) is 8.91. The van der Waals surface area contributed by atoms with Gasteiger partial charge in [-0.2, -0.15) is 0 Å². The minimum atomic E-state index is -1.88. The fraction of sp³-hybridized carbons (Fsp3) is 0.591. The summed E-state index contributed by atoms with van der Waals surface area (Å²) in [5.74, 6) is -0.867. The summed E-state index contributed by atoms with van der Waals surface area (Å²) in [5.41, 5.74) is -2.19. The molecule has 0 amide bonds. The minimum absolute atomic E-state index is 0.0964. The summed E-state index contributed by atoms with van der Waals surface area (Å²) in [6.07, 6.45) is 7.45. The lowest BCUT2D eigenvalue weighted by Crippen LogP contribution is -2.66. The summed E-state index contributed by atoms with van der Waals surface area (Å²) in [6, 6.07) is 0. The maximum absolute atomic E-state index is 16.7. The van der Waals surface area contributed by atoms with Crippen molar-refractivity contribution < 1.29 is 23.9 Å². The van der Waals surface area contributed by atoms with Crippen LogP contribution in [-0.4, -0.2) is 34.7 Å². The van der Waals surface area contributed by atoms with E-state index in [9.17, 15) is 19.5 Å². The van der Waals surface area contributed by atoms with Gasteiger partial charge in [-0.25, -0.2) is 4.39 Å². The van der Waals surface area contributed by atoms with Gasteiger partial charge in [0.05, 0.1) is 12.5 Å². The highest BCUT2D eigenvalue weighted by Crippen LogP contribution is 2.67. The Hall–Kier alpha value is -1.88. The van der Waals surface area contributed by atoms with Crippen molar-refractivity contribution in [2.75, 3.05) is 0 Å². The topological polar surface area (TPSA) is 71.4 Å². The SMILES string of the molecule is C[C@]12C=CC(=O)C=C1CC[C@H]1[C@@H]3CC=C(C(=O)CC=O)[C@@]3(C)C[C@H](O)[C@@]12F. The quantitative estimate of drug-likeness (QED) is 0.611. The Labute approximate surface area is 158 Å². The summed E-state index contributed by atoms with van der Waals surface area (Å²) >= 11 is 0. The van der Waals surface area contributed by atoms with Gasteiger partial charge in [0.2, 0.25) is 0 Å². The molecule has 4 aliphatic rings. The molecule has 4 rings (SSSR count). The number of allylic oxidation sites excluding steroid dienone is 6. The highest BCUT2D eigenvalue weighted by atomic mass is 19.1. The zero-order valence-corrected chi connectivity index (χ0v) is 15.7. The second-order valence-corrected chi connectivity index (χ2v) is 8.91. The largest absolute Gasteiger partial charge is 0.390 e. The first-order valence-corrected chi connectivity index (χ1v) is 9.67. The van der Waals surface area contributed by atoms with E-state index in [0.717, 1.165) is 5.57 Å². The third-order valence-electron chi connectivity index (χ3n) is 7.79. The van der Waals surface area contributed by atoms with Crippen LogP contribution in [0.1, 0.15) is 46.0 Å². The lowest BCUT2D eigenvalue weighted by Gasteiger charge is -2.61. The molecule has 1 N–H and O–H groups in total. The van der Waals surface area contributed by atoms with Crippen LogP contribution in [0.2, 0.25) is 0 Å². The zero-order chi connectivity index (χ0) is 19.6. The number of aldehydes is 1. The molecule has 27 heavy (non-hydrogen) atoms. The van der Waals surface area contributed by atoms with Gasteiger partial charge in [-0.05, 0) is 56.3 Å². The molecule has 0 heterocycles. The summed E-state index contributed by atoms with van der Waals surface area (Å²) < 4.78 is 16.7. The van der Waals surface area contributed by atoms with Gasteiger partial charge in [0, 0.05) is 16.7 Å². The predicted molar refractivity (Wildman–Crippen MR) is 97.5 cm³/mol. The summed E-state index contributed by atoms with van der Waals surface area (Å²) in [5, 5.41) is 11.0. The van der Waals surface area contributed by atoms with Crippen LogP contribution in [0, 0.1) is 22.7 Å². The van der Waals surface area contributed by atoms with Crippen LogP contribution >= 0.6 is 0 Å². The van der Waals surface area contributed by atoms with E-state index in [4.69, 9.17) is 0 Å². The molecule has 6 atom stereocenters. The second kappa shape index (κ2) is 5.81. The summed E-state index contributed by atoms with van der Waals surface area (Å²) in [6.45, 7) is 3.70. The number of halogens is 1. The van der Waals surface area contributed by atoms with Crippen LogP contribution < -0.4 is 0 Å². The van der Waals surface area contributed by atoms with E-state index < -0.39 is 28.5 Å². The van der Waals surface area contributed by atoms with E-state index in [2.05, 4.69) is 0 Å². The lowest BCUT2D eigenvalue weighted by atomic mass is 9.45. The number of hydrogen-bond acceptors (Lipinski definition) is 4. The van der Waals surface area contributed by atoms with Crippen LogP contribution in [0.15, 0.2) is 35.5 Å². The molecule has 0 radical (unpaired) electrons. The van der Waals surface area contributed by atoms with Crippen molar-refractivity contribution in [3.8, 4) is 0 Å². The molecule has 144 valence electrons. The van der Waals surface area contributed by atoms with Gasteiger partial charge in [-0.1, -0.05) is 24.6 Å². The first kappa shape index (κ1) is 18.5. The number of aliphatic hydroxyl groups excluding tert-OH is 1. The molecule has 5 heteroatoms. The number of fused-ring (bicyclic) bond motifs is 5. The van der Waals surface area contributed by atoms with E-state index in [1.165, 1.54) is 12.2 Å². The predicted octanol–water partition coefficient (Wildman–Crippen LogP) is 3.05. The average Bonchev–Trinajstić information content (AvgIpc) is 2.94. The summed E-state index contributed by atoms with van der Waals surface area (Å²) in [7, 11) is 0. The number of carbonyl (C=O) groups is 3. The maximum atomic E-state index is 16.7. The molecular formula is C22H25FO4. The van der Waals surface area contributed by atoms with Crippen molar-refractivity contribution in [3.63, 3.8) is 0 Å². The molecule has 0 unspecified atom stereocenters. The monoisotopic (exact) mass is 372 g/mol. The highest BCUT2D eigenvalue weighted by Gasteiger charge is 2.69. The highest BCUT2D eigenvalue weighted by molar-refractivity contribution is 6.03. The van der Waals surface area contributed by atoms with Crippen molar-refractivity contribution in [1.29, 1.82) is 0 Å². The number of alkyl halides is 1. The molecule has 4 nitrogen and oxygen atoms in total. The zero-order valence-electron chi connectivity index (χ0n) is 15.7. The Morgan fingerprint density at radius 2 is 2.11 bits per heavy atom. The standard InChI is InChI=1S/C22H25FO4/c1-20-12-19(27)22(23)16(15(20)5-6-17(20)18(26)8-10-24)4-3-13-11-14(25)7-9-21(13,22)2/h6-7,9-11,15-16,19,27H,3-5,8,12H2,1-2H3/t15-,16-,19-,20-,21-,22-/m0/s1. The van der Waals surface area contributed by atoms with Crippen molar-refractivity contribution in [2.24, 2.45) is 22.7 Å². The Bertz CT molecular complexity index is 824. The van der Waals surface area contributed by atoms with E-state index >= 15 is 4.39 Å². The van der Waals surface area contributed by atoms with Crippen LogP contribution in [-0.2, 0) is 14.4 Å². The fourth-order valence-corrected chi connectivity index (χ4v) is 6.40. The lowest BCUT2D eigenvalue weighted by molar-refractivity contribution is -0.185. The molecule has 0 spiro atoms. The number of carbonyl (C=O) groups excluding carboxylic acids is 3. The van der Waals surface area contributed by atoms with Crippen LogP contribution in [0.3, 0.4) is 0 Å². The number of hydrogen-bond donors (Lipinski definition) is 1. The Balaban J connectivity index is 1.76. The minimum Gasteiger partial charge on any atom is -0.390 e. The molecule has 0 bridgehead atoms. The number of rotatable bonds is 3. The molecule has 0 aromatic heterocycles.